The van der Waals surface area contributed by atoms with Crippen LogP contribution in [-0.4, -0.2) is 33.0 Å². The van der Waals surface area contributed by atoms with Gasteiger partial charge in [-0.15, -0.1) is 0 Å². The van der Waals surface area contributed by atoms with E-state index in [0.29, 0.717) is 0 Å². The van der Waals surface area contributed by atoms with Gasteiger partial charge in [-0.2, -0.15) is 10.2 Å². The molecular formula is C22H24N6O2. The monoisotopic (exact) mass is 404 g/mol. The SMILES string of the molecule is COc1ccc(NC(=O)C2CC2)cc1.Cn1cc(Nc2n[nH]c3ccccc23)cn1. The van der Waals surface area contributed by atoms with Gasteiger partial charge in [0.2, 0.25) is 5.91 Å². The second-order valence-corrected chi connectivity index (χ2v) is 7.14. The van der Waals surface area contributed by atoms with Crippen LogP contribution < -0.4 is 15.4 Å². The van der Waals surface area contributed by atoms with E-state index in [2.05, 4.69) is 25.9 Å². The van der Waals surface area contributed by atoms with Crippen molar-refractivity contribution in [2.24, 2.45) is 13.0 Å². The van der Waals surface area contributed by atoms with E-state index in [9.17, 15) is 4.79 Å². The van der Waals surface area contributed by atoms with E-state index in [1.807, 2.05) is 61.8 Å². The van der Waals surface area contributed by atoms with E-state index in [4.69, 9.17) is 4.74 Å². The lowest BCUT2D eigenvalue weighted by Crippen LogP contribution is -2.12. The molecule has 154 valence electrons. The molecule has 1 saturated carbocycles. The number of hydrogen-bond donors (Lipinski definition) is 3. The lowest BCUT2D eigenvalue weighted by atomic mass is 10.2. The number of benzene rings is 2. The molecule has 0 spiro atoms. The predicted molar refractivity (Wildman–Crippen MR) is 117 cm³/mol. The number of rotatable bonds is 5. The molecule has 2 aromatic heterocycles. The van der Waals surface area contributed by atoms with Gasteiger partial charge >= 0.3 is 0 Å². The van der Waals surface area contributed by atoms with Crippen LogP contribution in [-0.2, 0) is 11.8 Å². The van der Waals surface area contributed by atoms with Crippen LogP contribution in [0.15, 0.2) is 60.9 Å². The Kier molecular flexibility index (Phi) is 5.65. The standard InChI is InChI=1S/C11H11N5.C11H13NO2/c1-16-7-8(6-12-16)13-11-9-4-2-3-5-10(9)14-15-11;1-14-10-6-4-9(5-7-10)12-11(13)8-2-3-8/h2-7H,1H3,(H2,13,14,15);4-8H,2-3H2,1H3,(H,12,13). The number of para-hydroxylation sites is 1. The maximum absolute atomic E-state index is 11.4. The maximum Gasteiger partial charge on any atom is 0.227 e. The molecule has 4 aromatic rings. The Hall–Kier alpha value is -3.81. The molecule has 1 amide bonds. The Morgan fingerprint density at radius 2 is 1.90 bits per heavy atom. The third-order valence-corrected chi connectivity index (χ3v) is 4.74. The lowest BCUT2D eigenvalue weighted by Gasteiger charge is -2.04. The zero-order valence-corrected chi connectivity index (χ0v) is 16.9. The first kappa shape index (κ1) is 19.5. The molecule has 1 aliphatic rings. The van der Waals surface area contributed by atoms with E-state index in [1.54, 1.807) is 18.0 Å². The van der Waals surface area contributed by atoms with Crippen LogP contribution in [0.2, 0.25) is 0 Å². The highest BCUT2D eigenvalue weighted by Crippen LogP contribution is 2.30. The number of aromatic nitrogens is 4. The van der Waals surface area contributed by atoms with Crippen molar-refractivity contribution in [3.8, 4) is 5.75 Å². The fraction of sp³-hybridized carbons (Fsp3) is 0.227. The number of nitrogens with one attached hydrogen (secondary N) is 3. The summed E-state index contributed by atoms with van der Waals surface area (Å²) in [5.74, 6) is 2.00. The predicted octanol–water partition coefficient (Wildman–Crippen LogP) is 4.08. The van der Waals surface area contributed by atoms with Crippen molar-refractivity contribution in [2.75, 3.05) is 17.7 Å². The number of hydrogen-bond acceptors (Lipinski definition) is 5. The zero-order valence-electron chi connectivity index (χ0n) is 16.9. The van der Waals surface area contributed by atoms with Gasteiger partial charge < -0.3 is 15.4 Å². The van der Waals surface area contributed by atoms with Crippen LogP contribution in [0, 0.1) is 5.92 Å². The molecule has 8 nitrogen and oxygen atoms in total. The largest absolute Gasteiger partial charge is 0.497 e. The number of anilines is 3. The highest BCUT2D eigenvalue weighted by Gasteiger charge is 2.29. The summed E-state index contributed by atoms with van der Waals surface area (Å²) in [6.45, 7) is 0. The Balaban J connectivity index is 0.000000147. The minimum absolute atomic E-state index is 0.134. The van der Waals surface area contributed by atoms with Crippen molar-refractivity contribution < 1.29 is 9.53 Å². The van der Waals surface area contributed by atoms with Gasteiger partial charge in [0.15, 0.2) is 5.82 Å². The third kappa shape index (κ3) is 4.78. The first-order valence-corrected chi connectivity index (χ1v) is 9.76. The molecule has 0 radical (unpaired) electrons. The average molecular weight is 404 g/mol. The zero-order chi connectivity index (χ0) is 20.9. The minimum atomic E-state index is 0.134. The molecular weight excluding hydrogens is 380 g/mol. The number of H-pyrrole nitrogens is 1. The summed E-state index contributed by atoms with van der Waals surface area (Å²) in [5, 5.41) is 18.5. The van der Waals surface area contributed by atoms with Gasteiger partial charge in [-0.1, -0.05) is 12.1 Å². The van der Waals surface area contributed by atoms with Crippen molar-refractivity contribution in [3.05, 3.63) is 60.9 Å². The lowest BCUT2D eigenvalue weighted by molar-refractivity contribution is -0.117. The molecule has 0 bridgehead atoms. The fourth-order valence-electron chi connectivity index (χ4n) is 2.95. The molecule has 0 unspecified atom stereocenters. The summed E-state index contributed by atoms with van der Waals surface area (Å²) in [4.78, 5) is 11.4. The van der Waals surface area contributed by atoms with Crippen molar-refractivity contribution in [1.29, 1.82) is 0 Å². The summed E-state index contributed by atoms with van der Waals surface area (Å²) >= 11 is 0. The van der Waals surface area contributed by atoms with Gasteiger partial charge in [-0.3, -0.25) is 14.6 Å². The molecule has 0 atom stereocenters. The Bertz CT molecular complexity index is 1130. The van der Waals surface area contributed by atoms with Gasteiger partial charge in [0.1, 0.15) is 5.75 Å². The van der Waals surface area contributed by atoms with Crippen LogP contribution in [0.5, 0.6) is 5.75 Å². The van der Waals surface area contributed by atoms with Crippen LogP contribution in [0.25, 0.3) is 10.9 Å². The summed E-state index contributed by atoms with van der Waals surface area (Å²) in [5.41, 5.74) is 2.79. The Morgan fingerprint density at radius 1 is 1.13 bits per heavy atom. The molecule has 0 saturated heterocycles. The van der Waals surface area contributed by atoms with E-state index < -0.39 is 0 Å². The quantitative estimate of drug-likeness (QED) is 0.466. The first-order chi connectivity index (χ1) is 14.6. The van der Waals surface area contributed by atoms with Crippen LogP contribution in [0.4, 0.5) is 17.2 Å². The number of methoxy groups -OCH3 is 1. The first-order valence-electron chi connectivity index (χ1n) is 9.76. The number of aryl methyl sites for hydroxylation is 1. The molecule has 8 heteroatoms. The van der Waals surface area contributed by atoms with Crippen LogP contribution >= 0.6 is 0 Å². The molecule has 3 N–H and O–H groups in total. The van der Waals surface area contributed by atoms with E-state index >= 15 is 0 Å². The second-order valence-electron chi connectivity index (χ2n) is 7.14. The summed E-state index contributed by atoms with van der Waals surface area (Å²) in [6, 6.07) is 15.4. The van der Waals surface area contributed by atoms with Gasteiger partial charge in [0.25, 0.3) is 0 Å². The second kappa shape index (κ2) is 8.69. The van der Waals surface area contributed by atoms with Gasteiger partial charge in [0, 0.05) is 30.2 Å². The number of nitrogens with zero attached hydrogens (tertiary/aromatic N) is 3. The molecule has 0 aliphatic heterocycles. The maximum atomic E-state index is 11.4. The number of ether oxygens (including phenoxy) is 1. The molecule has 30 heavy (non-hydrogen) atoms. The summed E-state index contributed by atoms with van der Waals surface area (Å²) in [6.07, 6.45) is 5.73. The number of carbonyl (C=O) groups is 1. The Morgan fingerprint density at radius 3 is 2.57 bits per heavy atom. The minimum Gasteiger partial charge on any atom is -0.497 e. The number of amides is 1. The molecule has 2 heterocycles. The van der Waals surface area contributed by atoms with Gasteiger partial charge in [-0.25, -0.2) is 0 Å². The smallest absolute Gasteiger partial charge is 0.227 e. The topological polar surface area (TPSA) is 96.9 Å². The summed E-state index contributed by atoms with van der Waals surface area (Å²) < 4.78 is 6.77. The van der Waals surface area contributed by atoms with Crippen molar-refractivity contribution in [1.82, 2.24) is 20.0 Å². The molecule has 5 rings (SSSR count). The van der Waals surface area contributed by atoms with E-state index in [1.165, 1.54) is 0 Å². The van der Waals surface area contributed by atoms with Gasteiger partial charge in [0.05, 0.1) is 24.5 Å². The number of carbonyl (C=O) groups excluding carboxylic acids is 1. The van der Waals surface area contributed by atoms with E-state index in [0.717, 1.165) is 46.7 Å². The molecule has 1 fully saturated rings. The number of aromatic amines is 1. The number of fused-ring (bicyclic) bond motifs is 1. The molecule has 2 aromatic carbocycles. The highest BCUT2D eigenvalue weighted by atomic mass is 16.5. The molecule has 1 aliphatic carbocycles. The average Bonchev–Trinajstić information content (AvgIpc) is 3.44. The van der Waals surface area contributed by atoms with Crippen LogP contribution in [0.1, 0.15) is 12.8 Å². The van der Waals surface area contributed by atoms with E-state index in [-0.39, 0.29) is 11.8 Å². The fourth-order valence-corrected chi connectivity index (χ4v) is 2.95. The van der Waals surface area contributed by atoms with Crippen molar-refractivity contribution in [3.63, 3.8) is 0 Å². The van der Waals surface area contributed by atoms with Crippen molar-refractivity contribution in [2.45, 2.75) is 12.8 Å². The third-order valence-electron chi connectivity index (χ3n) is 4.74. The summed E-state index contributed by atoms with van der Waals surface area (Å²) in [7, 11) is 3.51. The van der Waals surface area contributed by atoms with Crippen LogP contribution in [0.3, 0.4) is 0 Å². The van der Waals surface area contributed by atoms with Crippen molar-refractivity contribution >= 4 is 34.0 Å². The highest BCUT2D eigenvalue weighted by molar-refractivity contribution is 5.94. The normalized spacial score (nSPS) is 12.7. The Labute approximate surface area is 174 Å². The van der Waals surface area contributed by atoms with Gasteiger partial charge in [-0.05, 0) is 49.2 Å².